The van der Waals surface area contributed by atoms with E-state index in [2.05, 4.69) is 15.6 Å². The van der Waals surface area contributed by atoms with Gasteiger partial charge in [-0.1, -0.05) is 42.5 Å². The van der Waals surface area contributed by atoms with Crippen molar-refractivity contribution in [2.24, 2.45) is 0 Å². The zero-order chi connectivity index (χ0) is 28.6. The zero-order valence-electron chi connectivity index (χ0n) is 22.5. The van der Waals surface area contributed by atoms with Gasteiger partial charge in [0.1, 0.15) is 12.4 Å². The van der Waals surface area contributed by atoms with E-state index in [1.165, 1.54) is 0 Å². The van der Waals surface area contributed by atoms with Crippen LogP contribution in [-0.4, -0.2) is 59.2 Å². The Kier molecular flexibility index (Phi) is 8.80. The first-order valence-electron chi connectivity index (χ1n) is 13.5. The first-order valence-corrected chi connectivity index (χ1v) is 13.5. The Morgan fingerprint density at radius 2 is 1.76 bits per heavy atom. The molecule has 0 spiro atoms. The zero-order valence-corrected chi connectivity index (χ0v) is 22.5. The lowest BCUT2D eigenvalue weighted by Crippen LogP contribution is -2.47. The minimum atomic E-state index is -1.03. The van der Waals surface area contributed by atoms with E-state index >= 15 is 0 Å². The van der Waals surface area contributed by atoms with E-state index in [0.717, 1.165) is 27.8 Å². The predicted octanol–water partition coefficient (Wildman–Crippen LogP) is 4.49. The molecule has 1 unspecified atom stereocenters. The van der Waals surface area contributed by atoms with Crippen LogP contribution in [0, 0.1) is 0 Å². The molecule has 1 saturated heterocycles. The highest BCUT2D eigenvalue weighted by molar-refractivity contribution is 5.96. The average molecular weight is 557 g/mol. The van der Waals surface area contributed by atoms with E-state index in [9.17, 15) is 19.5 Å². The summed E-state index contributed by atoms with van der Waals surface area (Å²) in [7, 11) is 0. The van der Waals surface area contributed by atoms with Gasteiger partial charge in [0.05, 0.1) is 32.1 Å². The average Bonchev–Trinajstić information content (AvgIpc) is 3.38. The number of carbonyl (C=O) groups is 3. The molecule has 2 heterocycles. The fraction of sp³-hybridized carbons (Fsp3) is 0.258. The number of aliphatic carboxylic acids is 1. The summed E-state index contributed by atoms with van der Waals surface area (Å²) in [6.45, 7) is 2.26. The summed E-state index contributed by atoms with van der Waals surface area (Å²) in [6, 6.07) is 21.5. The molecular formula is C31H32N4O6. The van der Waals surface area contributed by atoms with Gasteiger partial charge in [-0.2, -0.15) is 0 Å². The van der Waals surface area contributed by atoms with Gasteiger partial charge in [-0.25, -0.2) is 4.79 Å². The van der Waals surface area contributed by atoms with Crippen LogP contribution in [0.15, 0.2) is 79.0 Å². The highest BCUT2D eigenvalue weighted by Gasteiger charge is 2.23. The topological polar surface area (TPSA) is 133 Å². The summed E-state index contributed by atoms with van der Waals surface area (Å²) < 4.78 is 11.2. The van der Waals surface area contributed by atoms with Crippen LogP contribution in [0.4, 0.5) is 10.5 Å². The molecule has 5 rings (SSSR count). The van der Waals surface area contributed by atoms with Gasteiger partial charge < -0.3 is 35.1 Å². The van der Waals surface area contributed by atoms with Crippen molar-refractivity contribution in [3.63, 3.8) is 0 Å². The molecule has 4 aromatic rings. The summed E-state index contributed by atoms with van der Waals surface area (Å²) >= 11 is 0. The number of anilines is 1. The maximum Gasteiger partial charge on any atom is 0.318 e. The predicted molar refractivity (Wildman–Crippen MR) is 154 cm³/mol. The molecule has 4 N–H and O–H groups in total. The molecule has 1 atom stereocenters. The maximum atomic E-state index is 12.9. The van der Waals surface area contributed by atoms with Gasteiger partial charge in [0, 0.05) is 35.9 Å². The van der Waals surface area contributed by atoms with E-state index < -0.39 is 12.0 Å². The highest BCUT2D eigenvalue weighted by Crippen LogP contribution is 2.26. The Morgan fingerprint density at radius 3 is 2.49 bits per heavy atom. The van der Waals surface area contributed by atoms with Gasteiger partial charge >= 0.3 is 12.0 Å². The van der Waals surface area contributed by atoms with Crippen molar-refractivity contribution in [3.8, 4) is 5.75 Å². The minimum Gasteiger partial charge on any atom is -0.489 e. The van der Waals surface area contributed by atoms with E-state index in [4.69, 9.17) is 9.47 Å². The molecule has 0 saturated carbocycles. The fourth-order valence-corrected chi connectivity index (χ4v) is 4.74. The largest absolute Gasteiger partial charge is 0.489 e. The minimum absolute atomic E-state index is 0.154. The number of hydrogen-bond acceptors (Lipinski definition) is 5. The molecule has 41 heavy (non-hydrogen) atoms. The fourth-order valence-electron chi connectivity index (χ4n) is 4.74. The van der Waals surface area contributed by atoms with E-state index in [1.807, 2.05) is 54.7 Å². The number of aromatic nitrogens is 1. The lowest BCUT2D eigenvalue weighted by atomic mass is 10.0. The molecule has 1 aliphatic rings. The van der Waals surface area contributed by atoms with Gasteiger partial charge in [0.25, 0.3) is 0 Å². The smallest absolute Gasteiger partial charge is 0.318 e. The third kappa shape index (κ3) is 7.43. The number of hydrogen-bond donors (Lipinski definition) is 4. The molecule has 0 aliphatic carbocycles. The van der Waals surface area contributed by atoms with Crippen molar-refractivity contribution in [2.45, 2.75) is 25.5 Å². The van der Waals surface area contributed by atoms with Crippen LogP contribution >= 0.6 is 0 Å². The molecule has 1 aromatic heterocycles. The molecule has 10 heteroatoms. The Balaban J connectivity index is 1.20. The van der Waals surface area contributed by atoms with Crippen LogP contribution in [0.2, 0.25) is 0 Å². The molecule has 10 nitrogen and oxygen atoms in total. The standard InChI is InChI=1S/C31H32N4O6/c36-29(16-23-19-32-27-11-10-25(17-26(23)27)41-20-21-4-2-1-3-5-21)33-24-8-6-22(7-9-24)28(18-30(37)38)34-31(39)35-12-14-40-15-13-35/h1-11,17,19,28,32H,12-16,18,20H2,(H,33,36)(H,34,39)(H,37,38). The Hall–Kier alpha value is -4.83. The van der Waals surface area contributed by atoms with Crippen LogP contribution < -0.4 is 15.4 Å². The molecule has 0 bridgehead atoms. The van der Waals surface area contributed by atoms with E-state index in [1.54, 1.807) is 29.2 Å². The van der Waals surface area contributed by atoms with Crippen molar-refractivity contribution >= 4 is 34.5 Å². The summed E-state index contributed by atoms with van der Waals surface area (Å²) in [5, 5.41) is 16.0. The molecule has 1 aliphatic heterocycles. The van der Waals surface area contributed by atoms with Crippen molar-refractivity contribution in [2.75, 3.05) is 31.6 Å². The van der Waals surface area contributed by atoms with Crippen molar-refractivity contribution in [1.29, 1.82) is 0 Å². The lowest BCUT2D eigenvalue weighted by Gasteiger charge is -2.29. The summed E-state index contributed by atoms with van der Waals surface area (Å²) in [5.41, 5.74) is 4.02. The van der Waals surface area contributed by atoms with Crippen LogP contribution in [0.1, 0.15) is 29.2 Å². The number of H-pyrrole nitrogens is 1. The SMILES string of the molecule is O=C(O)CC(NC(=O)N1CCOCC1)c1ccc(NC(=O)Cc2c[nH]c3ccc(OCc4ccccc4)cc23)cc1. The van der Waals surface area contributed by atoms with Crippen LogP contribution in [0.25, 0.3) is 10.9 Å². The van der Waals surface area contributed by atoms with Crippen molar-refractivity contribution in [3.05, 3.63) is 95.7 Å². The number of rotatable bonds is 10. The second-order valence-electron chi connectivity index (χ2n) is 9.84. The van der Waals surface area contributed by atoms with E-state index in [0.29, 0.717) is 44.2 Å². The summed E-state index contributed by atoms with van der Waals surface area (Å²) in [5.74, 6) is -0.506. The lowest BCUT2D eigenvalue weighted by molar-refractivity contribution is -0.137. The molecule has 0 radical (unpaired) electrons. The maximum absolute atomic E-state index is 12.9. The quantitative estimate of drug-likeness (QED) is 0.228. The Morgan fingerprint density at radius 1 is 1.00 bits per heavy atom. The van der Waals surface area contributed by atoms with Gasteiger partial charge in [-0.3, -0.25) is 9.59 Å². The Bertz CT molecular complexity index is 1500. The number of carboxylic acid groups (broad SMARTS) is 1. The third-order valence-corrected chi connectivity index (χ3v) is 6.91. The number of urea groups is 1. The van der Waals surface area contributed by atoms with Gasteiger partial charge in [0.15, 0.2) is 0 Å². The second-order valence-corrected chi connectivity index (χ2v) is 9.84. The number of carbonyl (C=O) groups excluding carboxylic acids is 2. The normalized spacial score (nSPS) is 13.9. The second kappa shape index (κ2) is 13.0. The molecular weight excluding hydrogens is 524 g/mol. The number of morpholine rings is 1. The Labute approximate surface area is 237 Å². The summed E-state index contributed by atoms with van der Waals surface area (Å²) in [4.78, 5) is 41.8. The number of fused-ring (bicyclic) bond motifs is 1. The van der Waals surface area contributed by atoms with Crippen LogP contribution in [0.5, 0.6) is 5.75 Å². The van der Waals surface area contributed by atoms with Gasteiger partial charge in [-0.15, -0.1) is 0 Å². The number of nitrogens with one attached hydrogen (secondary N) is 3. The molecule has 3 aromatic carbocycles. The number of amides is 3. The van der Waals surface area contributed by atoms with Crippen LogP contribution in [-0.2, 0) is 27.4 Å². The molecule has 1 fully saturated rings. The number of benzene rings is 3. The molecule has 212 valence electrons. The monoisotopic (exact) mass is 556 g/mol. The molecule has 3 amide bonds. The highest BCUT2D eigenvalue weighted by atomic mass is 16.5. The third-order valence-electron chi connectivity index (χ3n) is 6.91. The number of nitrogens with zero attached hydrogens (tertiary/aromatic N) is 1. The first-order chi connectivity index (χ1) is 19.9. The number of carboxylic acids is 1. The van der Waals surface area contributed by atoms with Gasteiger partial charge in [0.2, 0.25) is 5.91 Å². The van der Waals surface area contributed by atoms with Gasteiger partial charge in [-0.05, 0) is 47.0 Å². The van der Waals surface area contributed by atoms with E-state index in [-0.39, 0.29) is 24.8 Å². The number of aromatic amines is 1. The van der Waals surface area contributed by atoms with Crippen molar-refractivity contribution in [1.82, 2.24) is 15.2 Å². The first kappa shape index (κ1) is 27.7. The van der Waals surface area contributed by atoms with Crippen LogP contribution in [0.3, 0.4) is 0 Å². The van der Waals surface area contributed by atoms with Crippen molar-refractivity contribution < 1.29 is 29.0 Å². The summed E-state index contributed by atoms with van der Waals surface area (Å²) in [6.07, 6.45) is 1.71. The number of ether oxygens (including phenoxy) is 2.